The molecule has 0 atom stereocenters. The maximum Gasteiger partial charge on any atom is 0.226 e. The topological polar surface area (TPSA) is 67.4 Å². The molecule has 6 heteroatoms. The summed E-state index contributed by atoms with van der Waals surface area (Å²) in [6.45, 7) is 7.34. The molecule has 27 heavy (non-hydrogen) atoms. The van der Waals surface area contributed by atoms with Crippen LogP contribution in [0.3, 0.4) is 0 Å². The summed E-state index contributed by atoms with van der Waals surface area (Å²) in [5.74, 6) is 1.48. The molecule has 0 amide bonds. The fourth-order valence-corrected chi connectivity index (χ4v) is 2.70. The van der Waals surface area contributed by atoms with Gasteiger partial charge in [0.2, 0.25) is 5.89 Å². The lowest BCUT2D eigenvalue weighted by Crippen LogP contribution is -2.39. The van der Waals surface area contributed by atoms with Gasteiger partial charge in [-0.25, -0.2) is 4.98 Å². The first-order valence-corrected chi connectivity index (χ1v) is 9.39. The molecule has 2 N–H and O–H groups in total. The Morgan fingerprint density at radius 1 is 1.15 bits per heavy atom. The van der Waals surface area contributed by atoms with E-state index in [0.717, 1.165) is 43.3 Å². The maximum absolute atomic E-state index is 5.61. The van der Waals surface area contributed by atoms with E-state index in [-0.39, 0.29) is 0 Å². The van der Waals surface area contributed by atoms with Crippen molar-refractivity contribution < 1.29 is 4.42 Å². The molecule has 0 saturated heterocycles. The number of aliphatic imine (C=N–C) groups is 1. The highest BCUT2D eigenvalue weighted by molar-refractivity contribution is 5.79. The van der Waals surface area contributed by atoms with Gasteiger partial charge in [0, 0.05) is 50.6 Å². The Kier molecular flexibility index (Phi) is 6.68. The van der Waals surface area contributed by atoms with Gasteiger partial charge in [-0.2, -0.15) is 0 Å². The highest BCUT2D eigenvalue weighted by Gasteiger charge is 2.06. The van der Waals surface area contributed by atoms with Crippen LogP contribution in [0, 0.1) is 6.92 Å². The van der Waals surface area contributed by atoms with Crippen LogP contribution in [0.5, 0.6) is 0 Å². The summed E-state index contributed by atoms with van der Waals surface area (Å²) in [6, 6.07) is 12.2. The van der Waals surface area contributed by atoms with Gasteiger partial charge in [-0.3, -0.25) is 4.99 Å². The molecule has 0 radical (unpaired) electrons. The van der Waals surface area contributed by atoms with E-state index in [1.165, 1.54) is 5.56 Å². The molecule has 2 aromatic heterocycles. The minimum Gasteiger partial charge on any atom is -0.444 e. The van der Waals surface area contributed by atoms with Gasteiger partial charge in [0.1, 0.15) is 6.26 Å². The van der Waals surface area contributed by atoms with E-state index in [4.69, 9.17) is 4.42 Å². The average Bonchev–Trinajstić information content (AvgIpc) is 3.34. The Balaban J connectivity index is 1.50. The minimum absolute atomic E-state index is 0.652. The highest BCUT2D eigenvalue weighted by atomic mass is 16.3. The molecule has 0 aliphatic rings. The number of nitrogens with one attached hydrogen (secondary N) is 2. The third-order valence-corrected chi connectivity index (χ3v) is 4.16. The fraction of sp³-hybridized carbons (Fsp3) is 0.333. The molecule has 0 fully saturated rings. The standard InChI is InChI=1S/C21H27N5O/c1-3-22-21(24-12-15-26-13-4-5-14-26)23-11-10-19-16-27-20(25-19)18-8-6-17(2)7-9-18/h4-9,13-14,16H,3,10-12,15H2,1-2H3,(H2,22,23,24). The number of aryl methyl sites for hydroxylation is 1. The van der Waals surface area contributed by atoms with Crippen molar-refractivity contribution in [2.75, 3.05) is 19.6 Å². The van der Waals surface area contributed by atoms with Gasteiger partial charge in [0.15, 0.2) is 5.96 Å². The summed E-state index contributed by atoms with van der Waals surface area (Å²) in [7, 11) is 0. The molecule has 0 aliphatic heterocycles. The molecule has 0 bridgehead atoms. The second-order valence-corrected chi connectivity index (χ2v) is 6.37. The molecular weight excluding hydrogens is 338 g/mol. The fourth-order valence-electron chi connectivity index (χ4n) is 2.70. The van der Waals surface area contributed by atoms with Crippen LogP contribution < -0.4 is 10.6 Å². The summed E-state index contributed by atoms with van der Waals surface area (Å²) in [5.41, 5.74) is 3.13. The normalized spacial score (nSPS) is 11.6. The number of oxazole rings is 1. The Morgan fingerprint density at radius 3 is 2.67 bits per heavy atom. The van der Waals surface area contributed by atoms with Crippen LogP contribution in [0.4, 0.5) is 0 Å². The lowest BCUT2D eigenvalue weighted by atomic mass is 10.1. The first-order valence-electron chi connectivity index (χ1n) is 9.39. The van der Waals surface area contributed by atoms with Crippen molar-refractivity contribution in [2.24, 2.45) is 4.99 Å². The zero-order chi connectivity index (χ0) is 18.9. The number of hydrogen-bond acceptors (Lipinski definition) is 3. The lowest BCUT2D eigenvalue weighted by Gasteiger charge is -2.11. The quantitative estimate of drug-likeness (QED) is 0.475. The summed E-state index contributed by atoms with van der Waals surface area (Å²) in [5, 5.41) is 6.63. The molecule has 0 saturated carbocycles. The van der Waals surface area contributed by atoms with Crippen LogP contribution in [-0.4, -0.2) is 35.1 Å². The zero-order valence-corrected chi connectivity index (χ0v) is 16.0. The second kappa shape index (κ2) is 9.62. The van der Waals surface area contributed by atoms with E-state index < -0.39 is 0 Å². The SMILES string of the molecule is CCNC(=NCCc1coc(-c2ccc(C)cc2)n1)NCCn1cccc1. The van der Waals surface area contributed by atoms with Crippen LogP contribution in [-0.2, 0) is 13.0 Å². The van der Waals surface area contributed by atoms with Gasteiger partial charge in [0.25, 0.3) is 0 Å². The monoisotopic (exact) mass is 365 g/mol. The van der Waals surface area contributed by atoms with Crippen molar-refractivity contribution in [2.45, 2.75) is 26.8 Å². The van der Waals surface area contributed by atoms with Crippen molar-refractivity contribution in [1.29, 1.82) is 0 Å². The molecule has 142 valence electrons. The Hall–Kier alpha value is -3.02. The number of benzene rings is 1. The van der Waals surface area contributed by atoms with Crippen LogP contribution in [0.1, 0.15) is 18.2 Å². The van der Waals surface area contributed by atoms with E-state index in [1.54, 1.807) is 6.26 Å². The van der Waals surface area contributed by atoms with Gasteiger partial charge in [0.05, 0.1) is 5.69 Å². The predicted octanol–water partition coefficient (Wildman–Crippen LogP) is 3.25. The molecule has 0 unspecified atom stereocenters. The van der Waals surface area contributed by atoms with Gasteiger partial charge in [-0.1, -0.05) is 17.7 Å². The Labute approximate surface area is 160 Å². The van der Waals surface area contributed by atoms with Crippen LogP contribution >= 0.6 is 0 Å². The molecule has 0 aliphatic carbocycles. The lowest BCUT2D eigenvalue weighted by molar-refractivity contribution is 0.572. The van der Waals surface area contributed by atoms with Crippen molar-refractivity contribution in [3.8, 4) is 11.5 Å². The average molecular weight is 365 g/mol. The van der Waals surface area contributed by atoms with E-state index in [1.807, 2.05) is 24.3 Å². The predicted molar refractivity (Wildman–Crippen MR) is 109 cm³/mol. The van der Waals surface area contributed by atoms with Crippen molar-refractivity contribution in [1.82, 2.24) is 20.2 Å². The maximum atomic E-state index is 5.61. The smallest absolute Gasteiger partial charge is 0.226 e. The van der Waals surface area contributed by atoms with E-state index in [2.05, 4.69) is 63.6 Å². The van der Waals surface area contributed by atoms with Gasteiger partial charge >= 0.3 is 0 Å². The summed E-state index contributed by atoms with van der Waals surface area (Å²) in [4.78, 5) is 9.19. The Morgan fingerprint density at radius 2 is 1.93 bits per heavy atom. The van der Waals surface area contributed by atoms with Crippen molar-refractivity contribution in [3.05, 3.63) is 66.3 Å². The number of nitrogens with zero attached hydrogens (tertiary/aromatic N) is 3. The summed E-state index contributed by atoms with van der Waals surface area (Å²) in [6.07, 6.45) is 6.57. The third kappa shape index (κ3) is 5.74. The molecule has 1 aromatic carbocycles. The van der Waals surface area contributed by atoms with Gasteiger partial charge < -0.3 is 19.6 Å². The number of hydrogen-bond donors (Lipinski definition) is 2. The van der Waals surface area contributed by atoms with Crippen molar-refractivity contribution >= 4 is 5.96 Å². The molecule has 2 heterocycles. The number of rotatable bonds is 8. The van der Waals surface area contributed by atoms with Gasteiger partial charge in [-0.05, 0) is 38.1 Å². The first-order chi connectivity index (χ1) is 13.2. The van der Waals surface area contributed by atoms with Crippen LogP contribution in [0.25, 0.3) is 11.5 Å². The highest BCUT2D eigenvalue weighted by Crippen LogP contribution is 2.19. The van der Waals surface area contributed by atoms with Crippen LogP contribution in [0.15, 0.2) is 64.5 Å². The third-order valence-electron chi connectivity index (χ3n) is 4.16. The van der Waals surface area contributed by atoms with Gasteiger partial charge in [-0.15, -0.1) is 0 Å². The molecule has 0 spiro atoms. The molecular formula is C21H27N5O. The first kappa shape index (κ1) is 18.8. The van der Waals surface area contributed by atoms with E-state index in [0.29, 0.717) is 12.4 Å². The summed E-state index contributed by atoms with van der Waals surface area (Å²) >= 11 is 0. The molecule has 6 nitrogen and oxygen atoms in total. The zero-order valence-electron chi connectivity index (χ0n) is 16.0. The van der Waals surface area contributed by atoms with Crippen LogP contribution in [0.2, 0.25) is 0 Å². The second-order valence-electron chi connectivity index (χ2n) is 6.37. The molecule has 3 aromatic rings. The minimum atomic E-state index is 0.652. The largest absolute Gasteiger partial charge is 0.444 e. The molecule has 3 rings (SSSR count). The van der Waals surface area contributed by atoms with E-state index in [9.17, 15) is 0 Å². The van der Waals surface area contributed by atoms with E-state index >= 15 is 0 Å². The Bertz CT molecular complexity index is 834. The number of guanidine groups is 1. The number of aromatic nitrogens is 2. The summed E-state index contributed by atoms with van der Waals surface area (Å²) < 4.78 is 7.75. The van der Waals surface area contributed by atoms with Crippen molar-refractivity contribution in [3.63, 3.8) is 0 Å².